The normalized spacial score (nSPS) is 10.6. The quantitative estimate of drug-likeness (QED) is 0.584. The summed E-state index contributed by atoms with van der Waals surface area (Å²) in [6.45, 7) is 2.78. The molecule has 0 saturated heterocycles. The molecule has 88 valence electrons. The Morgan fingerprint density at radius 3 is 3.06 bits per heavy atom. The van der Waals surface area contributed by atoms with Crippen molar-refractivity contribution < 1.29 is 9.53 Å². The van der Waals surface area contributed by atoms with Crippen LogP contribution < -0.4 is 0 Å². The van der Waals surface area contributed by atoms with Gasteiger partial charge in [-0.15, -0.1) is 0 Å². The molecule has 0 atom stereocenters. The summed E-state index contributed by atoms with van der Waals surface area (Å²) in [6.07, 6.45) is 4.37. The van der Waals surface area contributed by atoms with Crippen LogP contribution in [0.5, 0.6) is 0 Å². The number of ketones is 1. The zero-order valence-electron chi connectivity index (χ0n) is 9.85. The SMILES string of the molecule is CCCOCC(=O)c1cccc2ccncc12. The number of carbonyl (C=O) groups is 1. The van der Waals surface area contributed by atoms with Crippen LogP contribution in [0, 0.1) is 0 Å². The molecule has 0 aliphatic heterocycles. The summed E-state index contributed by atoms with van der Waals surface area (Å²) in [5, 5.41) is 1.92. The largest absolute Gasteiger partial charge is 0.373 e. The maximum atomic E-state index is 12.0. The highest BCUT2D eigenvalue weighted by Gasteiger charge is 2.09. The van der Waals surface area contributed by atoms with Gasteiger partial charge in [0.2, 0.25) is 0 Å². The van der Waals surface area contributed by atoms with E-state index in [2.05, 4.69) is 4.98 Å². The van der Waals surface area contributed by atoms with Crippen molar-refractivity contribution in [3.05, 3.63) is 42.2 Å². The van der Waals surface area contributed by atoms with Crippen molar-refractivity contribution in [1.29, 1.82) is 0 Å². The van der Waals surface area contributed by atoms with Crippen LogP contribution in [0.3, 0.4) is 0 Å². The van der Waals surface area contributed by atoms with Crippen LogP contribution in [0.1, 0.15) is 23.7 Å². The van der Waals surface area contributed by atoms with E-state index in [4.69, 9.17) is 4.74 Å². The average Bonchev–Trinajstić information content (AvgIpc) is 2.38. The molecule has 0 saturated carbocycles. The molecule has 3 nitrogen and oxygen atoms in total. The van der Waals surface area contributed by atoms with E-state index < -0.39 is 0 Å². The van der Waals surface area contributed by atoms with Crippen LogP contribution in [-0.4, -0.2) is 24.0 Å². The molecule has 0 amide bonds. The summed E-state index contributed by atoms with van der Waals surface area (Å²) in [7, 11) is 0. The molecule has 0 spiro atoms. The van der Waals surface area contributed by atoms with Crippen molar-refractivity contribution in [2.45, 2.75) is 13.3 Å². The van der Waals surface area contributed by atoms with Crippen LogP contribution in [0.15, 0.2) is 36.7 Å². The van der Waals surface area contributed by atoms with E-state index in [9.17, 15) is 4.79 Å². The van der Waals surface area contributed by atoms with Gasteiger partial charge in [0.15, 0.2) is 5.78 Å². The van der Waals surface area contributed by atoms with Crippen LogP contribution in [0.25, 0.3) is 10.8 Å². The zero-order chi connectivity index (χ0) is 12.1. The first kappa shape index (κ1) is 11.7. The molecule has 1 aromatic carbocycles. The van der Waals surface area contributed by atoms with E-state index >= 15 is 0 Å². The lowest BCUT2D eigenvalue weighted by Gasteiger charge is -2.05. The Hall–Kier alpha value is -1.74. The number of pyridine rings is 1. The van der Waals surface area contributed by atoms with Gasteiger partial charge in [0.05, 0.1) is 0 Å². The van der Waals surface area contributed by atoms with Gasteiger partial charge in [-0.3, -0.25) is 9.78 Å². The first-order valence-electron chi connectivity index (χ1n) is 5.76. The molecule has 0 fully saturated rings. The highest BCUT2D eigenvalue weighted by molar-refractivity contribution is 6.08. The number of fused-ring (bicyclic) bond motifs is 1. The fourth-order valence-electron chi connectivity index (χ4n) is 1.74. The number of rotatable bonds is 5. The van der Waals surface area contributed by atoms with Crippen LogP contribution in [0.4, 0.5) is 0 Å². The average molecular weight is 229 g/mol. The fourth-order valence-corrected chi connectivity index (χ4v) is 1.74. The van der Waals surface area contributed by atoms with E-state index in [0.717, 1.165) is 17.2 Å². The molecule has 17 heavy (non-hydrogen) atoms. The number of hydrogen-bond donors (Lipinski definition) is 0. The lowest BCUT2D eigenvalue weighted by Crippen LogP contribution is -2.10. The highest BCUT2D eigenvalue weighted by atomic mass is 16.5. The summed E-state index contributed by atoms with van der Waals surface area (Å²) in [5.41, 5.74) is 0.687. The monoisotopic (exact) mass is 229 g/mol. The lowest BCUT2D eigenvalue weighted by atomic mass is 10.0. The van der Waals surface area contributed by atoms with E-state index in [1.54, 1.807) is 12.4 Å². The minimum Gasteiger partial charge on any atom is -0.373 e. The Morgan fingerprint density at radius 2 is 2.24 bits per heavy atom. The van der Waals surface area contributed by atoms with Gasteiger partial charge in [-0.2, -0.15) is 0 Å². The number of Topliss-reactive ketones (excluding diaryl/α,β-unsaturated/α-hetero) is 1. The third-order valence-corrected chi connectivity index (χ3v) is 2.57. The number of carbonyl (C=O) groups excluding carboxylic acids is 1. The third-order valence-electron chi connectivity index (χ3n) is 2.57. The Labute approximate surface area is 100 Å². The number of aromatic nitrogens is 1. The molecule has 0 bridgehead atoms. The van der Waals surface area contributed by atoms with Gasteiger partial charge in [-0.05, 0) is 17.9 Å². The second-order valence-electron chi connectivity index (χ2n) is 3.88. The molecule has 0 radical (unpaired) electrons. The number of nitrogens with zero attached hydrogens (tertiary/aromatic N) is 1. The smallest absolute Gasteiger partial charge is 0.189 e. The number of benzene rings is 1. The van der Waals surface area contributed by atoms with Crippen molar-refractivity contribution in [2.24, 2.45) is 0 Å². The summed E-state index contributed by atoms with van der Waals surface area (Å²) >= 11 is 0. The van der Waals surface area contributed by atoms with E-state index in [0.29, 0.717) is 12.2 Å². The standard InChI is InChI=1S/C14H15NO2/c1-2-8-17-10-14(16)12-5-3-4-11-6-7-15-9-13(11)12/h3-7,9H,2,8,10H2,1H3. The van der Waals surface area contributed by atoms with Crippen LogP contribution in [-0.2, 0) is 4.74 Å². The van der Waals surface area contributed by atoms with Gasteiger partial charge < -0.3 is 4.74 Å². The van der Waals surface area contributed by atoms with E-state index in [1.165, 1.54) is 0 Å². The molecule has 0 N–H and O–H groups in total. The molecular formula is C14H15NO2. The summed E-state index contributed by atoms with van der Waals surface area (Å²) in [4.78, 5) is 16.0. The highest BCUT2D eigenvalue weighted by Crippen LogP contribution is 2.17. The molecule has 0 aliphatic rings. The van der Waals surface area contributed by atoms with Crippen molar-refractivity contribution in [2.75, 3.05) is 13.2 Å². The first-order chi connectivity index (χ1) is 8.33. The molecule has 2 rings (SSSR count). The molecule has 1 heterocycles. The molecular weight excluding hydrogens is 214 g/mol. The fraction of sp³-hybridized carbons (Fsp3) is 0.286. The summed E-state index contributed by atoms with van der Waals surface area (Å²) < 4.78 is 5.28. The van der Waals surface area contributed by atoms with E-state index in [-0.39, 0.29) is 12.4 Å². The van der Waals surface area contributed by atoms with Gasteiger partial charge in [-0.1, -0.05) is 25.1 Å². The Morgan fingerprint density at radius 1 is 1.35 bits per heavy atom. The molecule has 0 aliphatic carbocycles. The maximum Gasteiger partial charge on any atom is 0.189 e. The third kappa shape index (κ3) is 2.68. The molecule has 1 aromatic heterocycles. The van der Waals surface area contributed by atoms with E-state index in [1.807, 2.05) is 31.2 Å². The van der Waals surface area contributed by atoms with Gasteiger partial charge in [-0.25, -0.2) is 0 Å². The van der Waals surface area contributed by atoms with Crippen LogP contribution >= 0.6 is 0 Å². The molecule has 3 heteroatoms. The number of ether oxygens (including phenoxy) is 1. The Balaban J connectivity index is 2.26. The topological polar surface area (TPSA) is 39.2 Å². The predicted molar refractivity (Wildman–Crippen MR) is 67.2 cm³/mol. The number of hydrogen-bond acceptors (Lipinski definition) is 3. The van der Waals surface area contributed by atoms with Gasteiger partial charge in [0.1, 0.15) is 6.61 Å². The Bertz CT molecular complexity index is 517. The summed E-state index contributed by atoms with van der Waals surface area (Å²) in [6, 6.07) is 7.58. The zero-order valence-corrected chi connectivity index (χ0v) is 9.85. The van der Waals surface area contributed by atoms with Crippen molar-refractivity contribution in [3.8, 4) is 0 Å². The predicted octanol–water partition coefficient (Wildman–Crippen LogP) is 2.84. The van der Waals surface area contributed by atoms with Crippen molar-refractivity contribution in [1.82, 2.24) is 4.98 Å². The minimum absolute atomic E-state index is 0.0112. The van der Waals surface area contributed by atoms with Crippen molar-refractivity contribution in [3.63, 3.8) is 0 Å². The minimum atomic E-state index is 0.0112. The first-order valence-corrected chi connectivity index (χ1v) is 5.76. The molecule has 0 unspecified atom stereocenters. The second kappa shape index (κ2) is 5.55. The lowest BCUT2D eigenvalue weighted by molar-refractivity contribution is 0.0763. The second-order valence-corrected chi connectivity index (χ2v) is 3.88. The molecule has 2 aromatic rings. The van der Waals surface area contributed by atoms with Gasteiger partial charge >= 0.3 is 0 Å². The van der Waals surface area contributed by atoms with Gasteiger partial charge in [0, 0.05) is 30.0 Å². The summed E-state index contributed by atoms with van der Waals surface area (Å²) in [5.74, 6) is 0.0112. The van der Waals surface area contributed by atoms with Gasteiger partial charge in [0.25, 0.3) is 0 Å². The van der Waals surface area contributed by atoms with Crippen LogP contribution in [0.2, 0.25) is 0 Å². The maximum absolute atomic E-state index is 12.0. The Kier molecular flexibility index (Phi) is 3.83. The van der Waals surface area contributed by atoms with Crippen molar-refractivity contribution >= 4 is 16.6 Å².